The van der Waals surface area contributed by atoms with Crippen molar-refractivity contribution in [3.8, 4) is 0 Å². The van der Waals surface area contributed by atoms with E-state index in [1.54, 1.807) is 4.68 Å². The Bertz CT molecular complexity index is 1180. The standard InChI is InChI=1S/C23H32N8O/c1-14-12-31-20(25-22(14)29-10-8-17(24)13-29)11-18(27-31)19-7-5-6-9-30(19)23(32)21-15(2)16(3)26-28(21)4/h11-12,17,19H,5-10,13,24H2,1-4H3/t17-,19-/m0/s1. The van der Waals surface area contributed by atoms with Gasteiger partial charge >= 0.3 is 0 Å². The fraction of sp³-hybridized carbons (Fsp3) is 0.565. The van der Waals surface area contributed by atoms with E-state index in [9.17, 15) is 4.79 Å². The predicted octanol–water partition coefficient (Wildman–Crippen LogP) is 2.29. The number of nitrogens with two attached hydrogens (primary N) is 1. The molecule has 0 spiro atoms. The number of hydrogen-bond acceptors (Lipinski definition) is 6. The van der Waals surface area contributed by atoms with Crippen molar-refractivity contribution in [2.75, 3.05) is 24.5 Å². The molecule has 3 aromatic heterocycles. The van der Waals surface area contributed by atoms with Crippen LogP contribution in [0.1, 0.15) is 64.7 Å². The number of carbonyl (C=O) groups is 1. The Kier molecular flexibility index (Phi) is 5.16. The fourth-order valence-electron chi connectivity index (χ4n) is 5.16. The predicted molar refractivity (Wildman–Crippen MR) is 123 cm³/mol. The number of anilines is 1. The lowest BCUT2D eigenvalue weighted by Crippen LogP contribution is -2.39. The van der Waals surface area contributed by atoms with E-state index in [-0.39, 0.29) is 18.0 Å². The monoisotopic (exact) mass is 436 g/mol. The molecule has 3 aromatic rings. The average Bonchev–Trinajstić information content (AvgIpc) is 3.44. The highest BCUT2D eigenvalue weighted by atomic mass is 16.2. The number of aryl methyl sites for hydroxylation is 3. The first-order chi connectivity index (χ1) is 15.3. The van der Waals surface area contributed by atoms with Crippen LogP contribution in [0.25, 0.3) is 5.65 Å². The minimum atomic E-state index is -0.0588. The van der Waals surface area contributed by atoms with E-state index in [2.05, 4.69) is 16.9 Å². The molecule has 2 saturated heterocycles. The molecule has 1 amide bonds. The van der Waals surface area contributed by atoms with Crippen molar-refractivity contribution in [2.24, 2.45) is 12.8 Å². The van der Waals surface area contributed by atoms with Gasteiger partial charge in [0.1, 0.15) is 11.5 Å². The number of likely N-dealkylation sites (tertiary alicyclic amines) is 1. The van der Waals surface area contributed by atoms with Gasteiger partial charge in [-0.15, -0.1) is 0 Å². The van der Waals surface area contributed by atoms with E-state index in [1.807, 2.05) is 42.6 Å². The van der Waals surface area contributed by atoms with E-state index in [4.69, 9.17) is 15.8 Å². The summed E-state index contributed by atoms with van der Waals surface area (Å²) < 4.78 is 3.56. The Morgan fingerprint density at radius 1 is 1.12 bits per heavy atom. The van der Waals surface area contributed by atoms with Gasteiger partial charge in [-0.1, -0.05) is 0 Å². The summed E-state index contributed by atoms with van der Waals surface area (Å²) in [4.78, 5) is 22.7. The first kappa shape index (κ1) is 20.9. The SMILES string of the molecule is Cc1cn2nc([C@@H]3CCCCN3C(=O)c3c(C)c(C)nn3C)cc2nc1N1CC[C@H](N)C1. The Hall–Kier alpha value is -2.94. The largest absolute Gasteiger partial charge is 0.355 e. The third kappa shape index (κ3) is 3.44. The van der Waals surface area contributed by atoms with Crippen LogP contribution < -0.4 is 10.6 Å². The number of rotatable bonds is 3. The van der Waals surface area contributed by atoms with Crippen molar-refractivity contribution in [2.45, 2.75) is 58.5 Å². The van der Waals surface area contributed by atoms with Gasteiger partial charge in [-0.25, -0.2) is 9.50 Å². The van der Waals surface area contributed by atoms with E-state index in [0.29, 0.717) is 5.69 Å². The molecule has 5 heterocycles. The summed E-state index contributed by atoms with van der Waals surface area (Å²) in [7, 11) is 1.84. The molecule has 32 heavy (non-hydrogen) atoms. The molecule has 2 N–H and O–H groups in total. The van der Waals surface area contributed by atoms with Crippen molar-refractivity contribution in [3.63, 3.8) is 0 Å². The number of hydrogen-bond donors (Lipinski definition) is 1. The summed E-state index contributed by atoms with van der Waals surface area (Å²) >= 11 is 0. The number of nitrogens with zero attached hydrogens (tertiary/aromatic N) is 7. The van der Waals surface area contributed by atoms with Crippen LogP contribution in [0.5, 0.6) is 0 Å². The minimum Gasteiger partial charge on any atom is -0.355 e. The van der Waals surface area contributed by atoms with Crippen molar-refractivity contribution >= 4 is 17.4 Å². The van der Waals surface area contributed by atoms with Crippen LogP contribution in [-0.2, 0) is 7.05 Å². The quantitative estimate of drug-likeness (QED) is 0.677. The van der Waals surface area contributed by atoms with Crippen molar-refractivity contribution < 1.29 is 4.79 Å². The second-order valence-corrected chi connectivity index (χ2v) is 9.31. The summed E-state index contributed by atoms with van der Waals surface area (Å²) in [5, 5.41) is 9.30. The van der Waals surface area contributed by atoms with Gasteiger partial charge in [-0.2, -0.15) is 10.2 Å². The van der Waals surface area contributed by atoms with Gasteiger partial charge in [0.15, 0.2) is 5.65 Å². The molecule has 2 aliphatic rings. The zero-order chi connectivity index (χ0) is 22.6. The second-order valence-electron chi connectivity index (χ2n) is 9.31. The molecule has 0 aromatic carbocycles. The summed E-state index contributed by atoms with van der Waals surface area (Å²) in [6.07, 6.45) is 6.01. The molecule has 170 valence electrons. The van der Waals surface area contributed by atoms with E-state index >= 15 is 0 Å². The number of fused-ring (bicyclic) bond motifs is 1. The number of amides is 1. The molecule has 2 fully saturated rings. The molecule has 0 aliphatic carbocycles. The molecule has 5 rings (SSSR count). The summed E-state index contributed by atoms with van der Waals surface area (Å²) in [6.45, 7) is 8.47. The average molecular weight is 437 g/mol. The molecule has 2 aliphatic heterocycles. The van der Waals surface area contributed by atoms with Crippen molar-refractivity contribution in [3.05, 3.63) is 40.5 Å². The van der Waals surface area contributed by atoms with Crippen LogP contribution in [0.3, 0.4) is 0 Å². The molecule has 0 unspecified atom stereocenters. The van der Waals surface area contributed by atoms with Crippen LogP contribution >= 0.6 is 0 Å². The molecule has 0 saturated carbocycles. The van der Waals surface area contributed by atoms with Gasteiger partial charge in [0, 0.05) is 56.1 Å². The van der Waals surface area contributed by atoms with Gasteiger partial charge in [0.2, 0.25) is 0 Å². The van der Waals surface area contributed by atoms with Gasteiger partial charge in [0.25, 0.3) is 5.91 Å². The summed E-state index contributed by atoms with van der Waals surface area (Å²) in [6, 6.07) is 2.18. The molecule has 9 nitrogen and oxygen atoms in total. The molecule has 0 radical (unpaired) electrons. The van der Waals surface area contributed by atoms with Crippen molar-refractivity contribution in [1.29, 1.82) is 0 Å². The van der Waals surface area contributed by atoms with Crippen LogP contribution in [-0.4, -0.2) is 60.9 Å². The lowest BCUT2D eigenvalue weighted by molar-refractivity contribution is 0.0593. The maximum atomic E-state index is 13.6. The van der Waals surface area contributed by atoms with E-state index in [0.717, 1.165) is 79.3 Å². The highest BCUT2D eigenvalue weighted by Gasteiger charge is 2.33. The first-order valence-electron chi connectivity index (χ1n) is 11.5. The van der Waals surface area contributed by atoms with E-state index < -0.39 is 0 Å². The molecular weight excluding hydrogens is 404 g/mol. The third-order valence-electron chi connectivity index (χ3n) is 6.98. The maximum absolute atomic E-state index is 13.6. The third-order valence-corrected chi connectivity index (χ3v) is 6.98. The first-order valence-corrected chi connectivity index (χ1v) is 11.5. The zero-order valence-electron chi connectivity index (χ0n) is 19.4. The number of piperidine rings is 1. The van der Waals surface area contributed by atoms with E-state index in [1.165, 1.54) is 0 Å². The Balaban J connectivity index is 1.49. The van der Waals surface area contributed by atoms with Crippen LogP contribution in [0.15, 0.2) is 12.3 Å². The van der Waals surface area contributed by atoms with Crippen LogP contribution in [0.2, 0.25) is 0 Å². The van der Waals surface area contributed by atoms with Crippen LogP contribution in [0.4, 0.5) is 5.82 Å². The zero-order valence-corrected chi connectivity index (χ0v) is 19.4. The lowest BCUT2D eigenvalue weighted by Gasteiger charge is -2.34. The van der Waals surface area contributed by atoms with Crippen molar-refractivity contribution in [1.82, 2.24) is 29.3 Å². The number of aromatic nitrogens is 5. The highest BCUT2D eigenvalue weighted by molar-refractivity contribution is 5.94. The smallest absolute Gasteiger partial charge is 0.272 e. The van der Waals surface area contributed by atoms with Gasteiger partial charge in [0.05, 0.1) is 17.4 Å². The van der Waals surface area contributed by atoms with Gasteiger partial charge in [-0.3, -0.25) is 9.48 Å². The Labute approximate surface area is 188 Å². The molecule has 0 bridgehead atoms. The maximum Gasteiger partial charge on any atom is 0.272 e. The topological polar surface area (TPSA) is 97.6 Å². The summed E-state index contributed by atoms with van der Waals surface area (Å²) in [5.74, 6) is 1.01. The normalized spacial score (nSPS) is 21.7. The minimum absolute atomic E-state index is 0.0308. The lowest BCUT2D eigenvalue weighted by atomic mass is 9.98. The Morgan fingerprint density at radius 2 is 1.94 bits per heavy atom. The molecular formula is C23H32N8O. The fourth-order valence-corrected chi connectivity index (χ4v) is 5.16. The van der Waals surface area contributed by atoms with Gasteiger partial charge < -0.3 is 15.5 Å². The van der Waals surface area contributed by atoms with Crippen LogP contribution in [0, 0.1) is 20.8 Å². The summed E-state index contributed by atoms with van der Waals surface area (Å²) in [5.41, 5.74) is 11.4. The second kappa shape index (κ2) is 7.88. The molecule has 2 atom stereocenters. The van der Waals surface area contributed by atoms with Gasteiger partial charge in [-0.05, 0) is 46.5 Å². The Morgan fingerprint density at radius 3 is 2.62 bits per heavy atom. The molecule has 9 heteroatoms. The number of carbonyl (C=O) groups excluding carboxylic acids is 1. The highest BCUT2D eigenvalue weighted by Crippen LogP contribution is 2.33.